The van der Waals surface area contributed by atoms with Crippen LogP contribution >= 0.6 is 34.8 Å². The maximum Gasteiger partial charge on any atom is 0.156 e. The first-order chi connectivity index (χ1) is 9.66. The van der Waals surface area contributed by atoms with E-state index in [1.807, 2.05) is 18.2 Å². The van der Waals surface area contributed by atoms with Crippen molar-refractivity contribution in [1.82, 2.24) is 10.3 Å². The number of nitrogens with one attached hydrogen (secondary N) is 1. The summed E-state index contributed by atoms with van der Waals surface area (Å²) in [4.78, 5) is 4.21. The minimum atomic E-state index is 0.409. The van der Waals surface area contributed by atoms with Gasteiger partial charge in [0.15, 0.2) is 5.75 Å². The summed E-state index contributed by atoms with van der Waals surface area (Å²) in [6.07, 6.45) is 1.76. The second-order valence-corrected chi connectivity index (χ2v) is 5.30. The Bertz CT molecular complexity index is 541. The van der Waals surface area contributed by atoms with Crippen molar-refractivity contribution in [1.29, 1.82) is 0 Å². The molecule has 2 aromatic rings. The van der Waals surface area contributed by atoms with Crippen molar-refractivity contribution in [2.75, 3.05) is 13.2 Å². The monoisotopic (exact) mass is 330 g/mol. The summed E-state index contributed by atoms with van der Waals surface area (Å²) in [6.45, 7) is 1.80. The van der Waals surface area contributed by atoms with Crippen molar-refractivity contribution in [2.45, 2.75) is 6.54 Å². The molecule has 0 aliphatic rings. The number of benzene rings is 1. The summed E-state index contributed by atoms with van der Waals surface area (Å²) >= 11 is 17.9. The molecule has 1 aromatic carbocycles. The van der Waals surface area contributed by atoms with E-state index in [0.717, 1.165) is 5.69 Å². The van der Waals surface area contributed by atoms with Crippen molar-refractivity contribution in [3.63, 3.8) is 0 Å². The first-order valence-electron chi connectivity index (χ1n) is 6.05. The summed E-state index contributed by atoms with van der Waals surface area (Å²) in [7, 11) is 0. The molecular weight excluding hydrogens is 319 g/mol. The van der Waals surface area contributed by atoms with Gasteiger partial charge in [-0.2, -0.15) is 0 Å². The number of rotatable bonds is 6. The van der Waals surface area contributed by atoms with Gasteiger partial charge < -0.3 is 10.1 Å². The number of nitrogens with zero attached hydrogens (tertiary/aromatic N) is 1. The van der Waals surface area contributed by atoms with Crippen LogP contribution in [0, 0.1) is 0 Å². The molecule has 0 amide bonds. The normalized spacial score (nSPS) is 10.6. The molecule has 0 bridgehead atoms. The SMILES string of the molecule is Clc1cc(Cl)c(OCCNCc2ccccn2)c(Cl)c1. The van der Waals surface area contributed by atoms with Gasteiger partial charge in [0, 0.05) is 24.3 Å². The van der Waals surface area contributed by atoms with E-state index in [1.54, 1.807) is 18.3 Å². The number of hydrogen-bond donors (Lipinski definition) is 1. The molecule has 0 radical (unpaired) electrons. The number of hydrogen-bond acceptors (Lipinski definition) is 3. The van der Waals surface area contributed by atoms with Crippen LogP contribution in [0.1, 0.15) is 5.69 Å². The zero-order valence-electron chi connectivity index (χ0n) is 10.6. The lowest BCUT2D eigenvalue weighted by Gasteiger charge is -2.10. The molecule has 0 aliphatic carbocycles. The Labute approximate surface area is 132 Å². The van der Waals surface area contributed by atoms with E-state index >= 15 is 0 Å². The lowest BCUT2D eigenvalue weighted by molar-refractivity contribution is 0.314. The molecule has 0 fully saturated rings. The van der Waals surface area contributed by atoms with E-state index in [9.17, 15) is 0 Å². The second-order valence-electron chi connectivity index (χ2n) is 4.04. The molecule has 0 saturated carbocycles. The maximum atomic E-state index is 6.02. The smallest absolute Gasteiger partial charge is 0.156 e. The Morgan fingerprint density at radius 1 is 1.10 bits per heavy atom. The van der Waals surface area contributed by atoms with Gasteiger partial charge in [-0.25, -0.2) is 0 Å². The summed E-state index contributed by atoms with van der Waals surface area (Å²) in [5.41, 5.74) is 0.982. The van der Waals surface area contributed by atoms with Crippen molar-refractivity contribution in [2.24, 2.45) is 0 Å². The van der Waals surface area contributed by atoms with E-state index in [4.69, 9.17) is 39.5 Å². The highest BCUT2D eigenvalue weighted by Gasteiger charge is 2.08. The molecular formula is C14H13Cl3N2O. The Kier molecular flexibility index (Phi) is 5.92. The summed E-state index contributed by atoms with van der Waals surface area (Å²) < 4.78 is 5.56. The molecule has 1 heterocycles. The molecule has 0 unspecified atom stereocenters. The highest BCUT2D eigenvalue weighted by molar-refractivity contribution is 6.40. The predicted octanol–water partition coefficient (Wildman–Crippen LogP) is 4.21. The Morgan fingerprint density at radius 2 is 1.85 bits per heavy atom. The third-order valence-electron chi connectivity index (χ3n) is 2.52. The number of ether oxygens (including phenoxy) is 1. The van der Waals surface area contributed by atoms with Gasteiger partial charge in [0.25, 0.3) is 0 Å². The quantitative estimate of drug-likeness (QED) is 0.805. The van der Waals surface area contributed by atoms with E-state index in [-0.39, 0.29) is 0 Å². The molecule has 106 valence electrons. The zero-order chi connectivity index (χ0) is 14.4. The van der Waals surface area contributed by atoms with Crippen LogP contribution in [0.2, 0.25) is 15.1 Å². The topological polar surface area (TPSA) is 34.1 Å². The predicted molar refractivity (Wildman–Crippen MR) is 82.9 cm³/mol. The number of aromatic nitrogens is 1. The molecule has 6 heteroatoms. The van der Waals surface area contributed by atoms with Crippen LogP contribution in [0.4, 0.5) is 0 Å². The van der Waals surface area contributed by atoms with Gasteiger partial charge >= 0.3 is 0 Å². The average Bonchev–Trinajstić information content (AvgIpc) is 2.42. The molecule has 0 aliphatic heterocycles. The van der Waals surface area contributed by atoms with E-state index in [2.05, 4.69) is 10.3 Å². The van der Waals surface area contributed by atoms with Crippen LogP contribution in [0.15, 0.2) is 36.5 Å². The standard InChI is InChI=1S/C14H13Cl3N2O/c15-10-7-12(16)14(13(17)8-10)20-6-5-18-9-11-3-1-2-4-19-11/h1-4,7-8,18H,5-6,9H2. The molecule has 0 atom stereocenters. The Hall–Kier alpha value is -1.00. The summed E-state index contributed by atoms with van der Waals surface area (Å²) in [5.74, 6) is 0.456. The fraction of sp³-hybridized carbons (Fsp3) is 0.214. The van der Waals surface area contributed by atoms with Crippen molar-refractivity contribution in [3.05, 3.63) is 57.3 Å². The molecule has 0 spiro atoms. The molecule has 1 aromatic heterocycles. The first-order valence-corrected chi connectivity index (χ1v) is 7.18. The van der Waals surface area contributed by atoms with Crippen LogP contribution < -0.4 is 10.1 Å². The lowest BCUT2D eigenvalue weighted by atomic mass is 10.3. The molecule has 0 saturated heterocycles. The maximum absolute atomic E-state index is 6.02. The van der Waals surface area contributed by atoms with Gasteiger partial charge in [0.1, 0.15) is 6.61 Å². The van der Waals surface area contributed by atoms with Crippen molar-refractivity contribution < 1.29 is 4.74 Å². The van der Waals surface area contributed by atoms with E-state index < -0.39 is 0 Å². The highest BCUT2D eigenvalue weighted by Crippen LogP contribution is 2.35. The lowest BCUT2D eigenvalue weighted by Crippen LogP contribution is -2.21. The zero-order valence-corrected chi connectivity index (χ0v) is 12.8. The first kappa shape index (κ1) is 15.4. The van der Waals surface area contributed by atoms with Crippen LogP contribution in [0.5, 0.6) is 5.75 Å². The van der Waals surface area contributed by atoms with Gasteiger partial charge in [-0.05, 0) is 24.3 Å². The summed E-state index contributed by atoms with van der Waals surface area (Å²) in [5, 5.41) is 4.53. The average molecular weight is 332 g/mol. The van der Waals surface area contributed by atoms with Gasteiger partial charge in [-0.15, -0.1) is 0 Å². The molecule has 2 rings (SSSR count). The molecule has 3 nitrogen and oxygen atoms in total. The van der Waals surface area contributed by atoms with E-state index in [1.165, 1.54) is 0 Å². The third-order valence-corrected chi connectivity index (χ3v) is 3.30. The van der Waals surface area contributed by atoms with Crippen molar-refractivity contribution >= 4 is 34.8 Å². The summed E-state index contributed by atoms with van der Waals surface area (Å²) in [6, 6.07) is 9.00. The van der Waals surface area contributed by atoms with Crippen LogP contribution in [-0.4, -0.2) is 18.1 Å². The van der Waals surface area contributed by atoms with Crippen LogP contribution in [0.25, 0.3) is 0 Å². The van der Waals surface area contributed by atoms with Gasteiger partial charge in [0.2, 0.25) is 0 Å². The number of pyridine rings is 1. The second kappa shape index (κ2) is 7.70. The van der Waals surface area contributed by atoms with E-state index in [0.29, 0.717) is 40.5 Å². The fourth-order valence-electron chi connectivity index (χ4n) is 1.61. The minimum absolute atomic E-state index is 0.409. The largest absolute Gasteiger partial charge is 0.489 e. The molecule has 1 N–H and O–H groups in total. The van der Waals surface area contributed by atoms with Crippen LogP contribution in [0.3, 0.4) is 0 Å². The van der Waals surface area contributed by atoms with Gasteiger partial charge in [-0.1, -0.05) is 40.9 Å². The molecule has 20 heavy (non-hydrogen) atoms. The third kappa shape index (κ3) is 4.53. The fourth-order valence-corrected chi connectivity index (χ4v) is 2.54. The van der Waals surface area contributed by atoms with Gasteiger partial charge in [-0.3, -0.25) is 4.98 Å². The van der Waals surface area contributed by atoms with Crippen molar-refractivity contribution in [3.8, 4) is 5.75 Å². The Balaban J connectivity index is 1.76. The van der Waals surface area contributed by atoms with Crippen LogP contribution in [-0.2, 0) is 6.54 Å². The van der Waals surface area contributed by atoms with Gasteiger partial charge in [0.05, 0.1) is 15.7 Å². The highest BCUT2D eigenvalue weighted by atomic mass is 35.5. The minimum Gasteiger partial charge on any atom is -0.489 e. The number of halogens is 3. The Morgan fingerprint density at radius 3 is 2.50 bits per heavy atom.